The number of amides is 1. The number of ether oxygens (including phenoxy) is 2. The maximum atomic E-state index is 13.9. The van der Waals surface area contributed by atoms with Gasteiger partial charge < -0.3 is 19.9 Å². The Morgan fingerprint density at radius 1 is 1.19 bits per heavy atom. The zero-order valence-electron chi connectivity index (χ0n) is 15.1. The lowest BCUT2D eigenvalue weighted by Crippen LogP contribution is -2.54. The normalized spacial score (nSPS) is 16.7. The van der Waals surface area contributed by atoms with E-state index in [0.29, 0.717) is 26.1 Å². The number of hydrogen-bond donors (Lipinski definition) is 2. The first-order valence-electron chi connectivity index (χ1n) is 8.89. The zero-order valence-corrected chi connectivity index (χ0v) is 15.1. The summed E-state index contributed by atoms with van der Waals surface area (Å²) in [6, 6.07) is 3.96. The second kappa shape index (κ2) is 9.64. The molecule has 0 spiro atoms. The summed E-state index contributed by atoms with van der Waals surface area (Å²) in [5.41, 5.74) is -0.780. The number of benzene rings is 1. The molecule has 1 aromatic carbocycles. The van der Waals surface area contributed by atoms with Gasteiger partial charge in [-0.05, 0) is 31.0 Å². The Bertz CT molecular complexity index is 626. The molecule has 0 aromatic heterocycles. The van der Waals surface area contributed by atoms with E-state index in [1.54, 1.807) is 7.11 Å². The number of carboxylic acids is 1. The summed E-state index contributed by atoms with van der Waals surface area (Å²) >= 11 is 0. The van der Waals surface area contributed by atoms with Gasteiger partial charge in [0.2, 0.25) is 0 Å². The predicted molar refractivity (Wildman–Crippen MR) is 93.5 cm³/mol. The van der Waals surface area contributed by atoms with Crippen molar-refractivity contribution in [2.45, 2.75) is 50.7 Å². The minimum atomic E-state index is -1.25. The van der Waals surface area contributed by atoms with Crippen LogP contribution in [-0.4, -0.2) is 42.8 Å². The fourth-order valence-corrected chi connectivity index (χ4v) is 3.16. The lowest BCUT2D eigenvalue weighted by molar-refractivity contribution is -0.145. The maximum absolute atomic E-state index is 13.9. The van der Waals surface area contributed by atoms with Crippen LogP contribution in [0.5, 0.6) is 0 Å². The SMILES string of the molecule is COCCOCc1cc(C(=O)NC2(C(=O)O)CCCCCC2)ccc1F. The molecular weight excluding hydrogens is 341 g/mol. The van der Waals surface area contributed by atoms with E-state index in [4.69, 9.17) is 9.47 Å². The fraction of sp³-hybridized carbons (Fsp3) is 0.579. The zero-order chi connectivity index (χ0) is 19.0. The van der Waals surface area contributed by atoms with Crippen molar-refractivity contribution >= 4 is 11.9 Å². The summed E-state index contributed by atoms with van der Waals surface area (Å²) in [6.45, 7) is 0.720. The number of carboxylic acid groups (broad SMARTS) is 1. The maximum Gasteiger partial charge on any atom is 0.329 e. The van der Waals surface area contributed by atoms with Gasteiger partial charge in [-0.3, -0.25) is 4.79 Å². The average molecular weight is 367 g/mol. The molecule has 0 heterocycles. The van der Waals surface area contributed by atoms with Crippen molar-refractivity contribution in [3.05, 3.63) is 35.1 Å². The van der Waals surface area contributed by atoms with Gasteiger partial charge in [-0.1, -0.05) is 25.7 Å². The van der Waals surface area contributed by atoms with E-state index in [9.17, 15) is 19.1 Å². The molecule has 0 radical (unpaired) electrons. The Morgan fingerprint density at radius 3 is 2.50 bits per heavy atom. The molecule has 144 valence electrons. The molecule has 1 aromatic rings. The molecule has 2 N–H and O–H groups in total. The predicted octanol–water partition coefficient (Wildman–Crippen LogP) is 2.90. The molecule has 7 heteroatoms. The quantitative estimate of drug-likeness (QED) is 0.545. The number of carbonyl (C=O) groups is 2. The Labute approximate surface area is 152 Å². The number of nitrogens with one attached hydrogen (secondary N) is 1. The number of hydrogen-bond acceptors (Lipinski definition) is 4. The van der Waals surface area contributed by atoms with Gasteiger partial charge in [0.1, 0.15) is 11.4 Å². The van der Waals surface area contributed by atoms with E-state index in [1.165, 1.54) is 18.2 Å². The highest BCUT2D eigenvalue weighted by atomic mass is 19.1. The molecule has 1 aliphatic carbocycles. The van der Waals surface area contributed by atoms with Crippen molar-refractivity contribution in [3.63, 3.8) is 0 Å². The molecule has 1 saturated carbocycles. The molecule has 6 nitrogen and oxygen atoms in total. The summed E-state index contributed by atoms with van der Waals surface area (Å²) in [5.74, 6) is -1.99. The van der Waals surface area contributed by atoms with Crippen LogP contribution in [0.4, 0.5) is 4.39 Å². The third kappa shape index (κ3) is 5.25. The van der Waals surface area contributed by atoms with Gasteiger partial charge in [0.05, 0.1) is 19.8 Å². The van der Waals surface area contributed by atoms with Crippen molar-refractivity contribution in [3.8, 4) is 0 Å². The molecule has 26 heavy (non-hydrogen) atoms. The minimum Gasteiger partial charge on any atom is -0.480 e. The van der Waals surface area contributed by atoms with Crippen LogP contribution in [0.3, 0.4) is 0 Å². The van der Waals surface area contributed by atoms with Crippen molar-refractivity contribution in [1.82, 2.24) is 5.32 Å². The van der Waals surface area contributed by atoms with E-state index >= 15 is 0 Å². The van der Waals surface area contributed by atoms with Crippen LogP contribution in [0.15, 0.2) is 18.2 Å². The number of halogens is 1. The first-order chi connectivity index (χ1) is 12.5. The molecule has 0 aliphatic heterocycles. The molecule has 0 saturated heterocycles. The van der Waals surface area contributed by atoms with Gasteiger partial charge in [0.25, 0.3) is 5.91 Å². The number of rotatable bonds is 8. The van der Waals surface area contributed by atoms with Crippen molar-refractivity contribution in [2.24, 2.45) is 0 Å². The van der Waals surface area contributed by atoms with Gasteiger partial charge in [-0.15, -0.1) is 0 Å². The molecule has 2 rings (SSSR count). The summed E-state index contributed by atoms with van der Waals surface area (Å²) < 4.78 is 24.1. The van der Waals surface area contributed by atoms with Crippen LogP contribution in [-0.2, 0) is 20.9 Å². The number of carbonyl (C=O) groups excluding carboxylic acids is 1. The van der Waals surface area contributed by atoms with Gasteiger partial charge in [0.15, 0.2) is 0 Å². The molecule has 1 fully saturated rings. The summed E-state index contributed by atoms with van der Waals surface area (Å²) in [6.07, 6.45) is 4.25. The Kier molecular flexibility index (Phi) is 7.53. The van der Waals surface area contributed by atoms with Gasteiger partial charge >= 0.3 is 5.97 Å². The molecule has 0 unspecified atom stereocenters. The van der Waals surface area contributed by atoms with E-state index in [1.807, 2.05) is 0 Å². The molecule has 0 bridgehead atoms. The van der Waals surface area contributed by atoms with Crippen LogP contribution >= 0.6 is 0 Å². The second-order valence-corrected chi connectivity index (χ2v) is 6.61. The Hall–Kier alpha value is -1.99. The van der Waals surface area contributed by atoms with Crippen LogP contribution < -0.4 is 5.32 Å². The Morgan fingerprint density at radius 2 is 1.88 bits per heavy atom. The van der Waals surface area contributed by atoms with E-state index in [2.05, 4.69) is 5.32 Å². The highest BCUT2D eigenvalue weighted by Crippen LogP contribution is 2.28. The highest BCUT2D eigenvalue weighted by Gasteiger charge is 2.40. The third-order valence-electron chi connectivity index (χ3n) is 4.72. The average Bonchev–Trinajstić information content (AvgIpc) is 2.86. The van der Waals surface area contributed by atoms with Crippen LogP contribution in [0, 0.1) is 5.82 Å². The second-order valence-electron chi connectivity index (χ2n) is 6.61. The van der Waals surface area contributed by atoms with Crippen LogP contribution in [0.1, 0.15) is 54.4 Å². The summed E-state index contributed by atoms with van der Waals surface area (Å²) in [4.78, 5) is 24.4. The van der Waals surface area contributed by atoms with Crippen molar-refractivity contribution < 1.29 is 28.6 Å². The number of aliphatic carboxylic acids is 1. The van der Waals surface area contributed by atoms with E-state index in [-0.39, 0.29) is 17.7 Å². The lowest BCUT2D eigenvalue weighted by Gasteiger charge is -2.29. The monoisotopic (exact) mass is 367 g/mol. The first kappa shape index (κ1) is 20.3. The third-order valence-corrected chi connectivity index (χ3v) is 4.72. The van der Waals surface area contributed by atoms with Gasteiger partial charge in [-0.2, -0.15) is 0 Å². The molecule has 0 atom stereocenters. The first-order valence-corrected chi connectivity index (χ1v) is 8.89. The van der Waals surface area contributed by atoms with Crippen molar-refractivity contribution in [1.29, 1.82) is 0 Å². The molecule has 1 amide bonds. The van der Waals surface area contributed by atoms with Gasteiger partial charge in [0, 0.05) is 18.2 Å². The smallest absolute Gasteiger partial charge is 0.329 e. The molecule has 1 aliphatic rings. The van der Waals surface area contributed by atoms with Crippen LogP contribution in [0.2, 0.25) is 0 Å². The standard InChI is InChI=1S/C19H26FNO5/c1-25-10-11-26-13-15-12-14(6-7-16(15)20)17(22)21-19(18(23)24)8-4-2-3-5-9-19/h6-7,12H,2-5,8-11,13H2,1H3,(H,21,22)(H,23,24). The van der Waals surface area contributed by atoms with Crippen LogP contribution in [0.25, 0.3) is 0 Å². The van der Waals surface area contributed by atoms with Gasteiger partial charge in [-0.25, -0.2) is 9.18 Å². The minimum absolute atomic E-state index is 0.0143. The lowest BCUT2D eigenvalue weighted by atomic mass is 9.89. The topological polar surface area (TPSA) is 84.9 Å². The Balaban J connectivity index is 2.11. The van der Waals surface area contributed by atoms with E-state index < -0.39 is 23.2 Å². The largest absolute Gasteiger partial charge is 0.480 e. The molecular formula is C19H26FNO5. The van der Waals surface area contributed by atoms with E-state index in [0.717, 1.165) is 25.7 Å². The number of methoxy groups -OCH3 is 1. The highest BCUT2D eigenvalue weighted by molar-refractivity contribution is 5.98. The summed E-state index contributed by atoms with van der Waals surface area (Å²) in [5, 5.41) is 12.4. The fourth-order valence-electron chi connectivity index (χ4n) is 3.16. The van der Waals surface area contributed by atoms with Crippen molar-refractivity contribution in [2.75, 3.05) is 20.3 Å². The summed E-state index contributed by atoms with van der Waals surface area (Å²) in [7, 11) is 1.54.